The Morgan fingerprint density at radius 1 is 0.304 bits per heavy atom. The van der Waals surface area contributed by atoms with Crippen molar-refractivity contribution < 1.29 is 23.0 Å². The number of hydrogen-bond donors (Lipinski definition) is 0. The molecule has 0 bridgehead atoms. The van der Waals surface area contributed by atoms with E-state index in [1.54, 1.807) is 0 Å². The molecule has 5 nitrogen and oxygen atoms in total. The van der Waals surface area contributed by atoms with Gasteiger partial charge in [-0.25, -0.2) is 0 Å². The Kier molecular flexibility index (Phi) is 42.3. The summed E-state index contributed by atoms with van der Waals surface area (Å²) in [6.45, 7) is 30.3. The lowest BCUT2D eigenvalue weighted by Gasteiger charge is -2.39. The maximum Gasteiger partial charge on any atom is 0.0786 e. The molecule has 0 saturated heterocycles. The van der Waals surface area contributed by atoms with Gasteiger partial charge in [-0.2, -0.15) is 0 Å². The van der Waals surface area contributed by atoms with Crippen LogP contribution in [0.2, 0.25) is 0 Å². The first-order valence-corrected chi connectivity index (χ1v) is 22.0. The summed E-state index contributed by atoms with van der Waals surface area (Å²) >= 11 is 0. The van der Waals surface area contributed by atoms with Gasteiger partial charge in [-0.05, 0) is 103 Å². The van der Waals surface area contributed by atoms with Crippen LogP contribution in [0.15, 0.2) is 0 Å². The molecule has 0 heterocycles. The van der Waals surface area contributed by atoms with Crippen molar-refractivity contribution in [3.63, 3.8) is 0 Å². The third-order valence-corrected chi connectivity index (χ3v) is 9.89. The van der Waals surface area contributed by atoms with Gasteiger partial charge in [-0.15, -0.1) is 0 Å². The Balaban J connectivity index is -0.000000719. The lowest BCUT2D eigenvalue weighted by molar-refractivity contribution is -0.929. The molecular formula is C40H88N2O3Si. The Labute approximate surface area is 293 Å². The fourth-order valence-corrected chi connectivity index (χ4v) is 6.92. The first-order valence-electron chi connectivity index (χ1n) is 20.8. The molecule has 0 aliphatic heterocycles. The van der Waals surface area contributed by atoms with E-state index in [0.717, 1.165) is 0 Å². The average Bonchev–Trinajstić information content (AvgIpc) is 3.02. The molecule has 0 radical (unpaired) electrons. The van der Waals surface area contributed by atoms with E-state index >= 15 is 0 Å². The molecular weight excluding hydrogens is 585 g/mol. The minimum Gasteiger partial charge on any atom is -0.672 e. The van der Waals surface area contributed by atoms with Gasteiger partial charge >= 0.3 is 0 Å². The van der Waals surface area contributed by atoms with Gasteiger partial charge in [0.05, 0.1) is 52.4 Å². The van der Waals surface area contributed by atoms with Crippen molar-refractivity contribution in [1.29, 1.82) is 0 Å². The standard InChI is InChI=1S/2C20H44N.O3Si/c2*1-5-9-13-17-21(18-14-10-6-2,19-15-11-7-3)20-16-12-8-4;1-4(2)3/h2*5-20H2,1-4H3;/q2*+1;-2. The monoisotopic (exact) mass is 673 g/mol. The van der Waals surface area contributed by atoms with E-state index < -0.39 is 9.17 Å². The van der Waals surface area contributed by atoms with E-state index in [9.17, 15) is 0 Å². The van der Waals surface area contributed by atoms with Crippen molar-refractivity contribution in [2.75, 3.05) is 52.4 Å². The zero-order valence-electron chi connectivity index (χ0n) is 33.2. The maximum absolute atomic E-state index is 8.52. The second kappa shape index (κ2) is 39.0. The number of rotatable bonds is 32. The molecule has 0 aromatic heterocycles. The molecule has 0 spiro atoms. The van der Waals surface area contributed by atoms with Crippen LogP contribution < -0.4 is 9.59 Å². The van der Waals surface area contributed by atoms with Crippen LogP contribution in [0.25, 0.3) is 0 Å². The van der Waals surface area contributed by atoms with Gasteiger partial charge < -0.3 is 23.0 Å². The van der Waals surface area contributed by atoms with Crippen LogP contribution in [0.3, 0.4) is 0 Å². The van der Waals surface area contributed by atoms with Crippen LogP contribution in [-0.2, 0) is 4.46 Å². The number of unbranched alkanes of at least 4 members (excludes halogenated alkanes) is 16. The highest BCUT2D eigenvalue weighted by atomic mass is 28.3. The quantitative estimate of drug-likeness (QED) is 0.0406. The van der Waals surface area contributed by atoms with Gasteiger partial charge in [-0.3, -0.25) is 0 Å². The molecule has 0 saturated carbocycles. The summed E-state index contributed by atoms with van der Waals surface area (Å²) < 4.78 is 11.4. The molecule has 280 valence electrons. The van der Waals surface area contributed by atoms with Crippen molar-refractivity contribution in [3.8, 4) is 0 Å². The minimum atomic E-state index is -3.63. The number of quaternary nitrogens is 2. The van der Waals surface area contributed by atoms with Crippen molar-refractivity contribution in [3.05, 3.63) is 0 Å². The van der Waals surface area contributed by atoms with E-state index in [1.807, 2.05) is 0 Å². The molecule has 0 aliphatic rings. The third-order valence-electron chi connectivity index (χ3n) is 9.89. The number of nitrogens with zero attached hydrogens (tertiary/aromatic N) is 2. The topological polar surface area (TPSA) is 63.2 Å². The molecule has 6 heteroatoms. The summed E-state index contributed by atoms with van der Waals surface area (Å²) in [7, 11) is -3.63. The van der Waals surface area contributed by atoms with Crippen molar-refractivity contribution >= 4 is 9.17 Å². The van der Waals surface area contributed by atoms with Gasteiger partial charge in [-0.1, -0.05) is 107 Å². The minimum absolute atomic E-state index is 1.36. The SMILES string of the molecule is CCCCC[N+](CCCCC)(CCCCC)CCCCC.CCCCC[N+](CCCCC)(CCCCC)CCCCC.O=[Si]([O-])[O-]. The van der Waals surface area contributed by atoms with E-state index in [-0.39, 0.29) is 0 Å². The second-order valence-corrected chi connectivity index (χ2v) is 14.9. The van der Waals surface area contributed by atoms with E-state index in [4.69, 9.17) is 14.1 Å². The van der Waals surface area contributed by atoms with Crippen molar-refractivity contribution in [2.24, 2.45) is 0 Å². The smallest absolute Gasteiger partial charge is 0.0786 e. The normalized spacial score (nSPS) is 11.5. The summed E-state index contributed by atoms with van der Waals surface area (Å²) in [5.41, 5.74) is 0. The van der Waals surface area contributed by atoms with E-state index in [2.05, 4.69) is 55.4 Å². The highest BCUT2D eigenvalue weighted by Crippen LogP contribution is 2.20. The lowest BCUT2D eigenvalue weighted by Crippen LogP contribution is -2.50. The highest BCUT2D eigenvalue weighted by Gasteiger charge is 2.26. The van der Waals surface area contributed by atoms with Crippen molar-refractivity contribution in [1.82, 2.24) is 0 Å². The maximum atomic E-state index is 8.52. The molecule has 0 atom stereocenters. The van der Waals surface area contributed by atoms with Crippen LogP contribution in [0.5, 0.6) is 0 Å². The van der Waals surface area contributed by atoms with Gasteiger partial charge in [0, 0.05) is 9.17 Å². The first kappa shape index (κ1) is 49.9. The molecule has 46 heavy (non-hydrogen) atoms. The third kappa shape index (κ3) is 34.9. The van der Waals surface area contributed by atoms with Crippen LogP contribution in [0.1, 0.15) is 209 Å². The Morgan fingerprint density at radius 2 is 0.413 bits per heavy atom. The van der Waals surface area contributed by atoms with Crippen molar-refractivity contribution in [2.45, 2.75) is 209 Å². The summed E-state index contributed by atoms with van der Waals surface area (Å²) in [6.07, 6.45) is 33.8. The fourth-order valence-electron chi connectivity index (χ4n) is 6.92. The van der Waals surface area contributed by atoms with Crippen LogP contribution in [0, 0.1) is 0 Å². The highest BCUT2D eigenvalue weighted by molar-refractivity contribution is 6.17. The molecule has 0 amide bonds. The van der Waals surface area contributed by atoms with Gasteiger partial charge in [0.2, 0.25) is 0 Å². The zero-order chi connectivity index (χ0) is 35.2. The molecule has 0 aliphatic carbocycles. The van der Waals surface area contributed by atoms with Gasteiger partial charge in [0.25, 0.3) is 0 Å². The van der Waals surface area contributed by atoms with Crippen LogP contribution in [-0.4, -0.2) is 70.5 Å². The second-order valence-electron chi connectivity index (χ2n) is 14.4. The lowest BCUT2D eigenvalue weighted by atomic mass is 10.1. The zero-order valence-corrected chi connectivity index (χ0v) is 34.2. The van der Waals surface area contributed by atoms with Crippen LogP contribution in [0.4, 0.5) is 0 Å². The molecule has 0 N–H and O–H groups in total. The number of hydrogen-bond acceptors (Lipinski definition) is 3. The molecule has 0 rings (SSSR count). The molecule has 0 aromatic rings. The predicted molar refractivity (Wildman–Crippen MR) is 202 cm³/mol. The molecule has 0 aromatic carbocycles. The van der Waals surface area contributed by atoms with Gasteiger partial charge in [0.15, 0.2) is 0 Å². The Bertz CT molecular complexity index is 452. The average molecular weight is 673 g/mol. The Morgan fingerprint density at radius 3 is 0.500 bits per heavy atom. The van der Waals surface area contributed by atoms with E-state index in [0.29, 0.717) is 0 Å². The summed E-state index contributed by atoms with van der Waals surface area (Å²) in [4.78, 5) is 17.0. The Hall–Kier alpha value is -0.463. The first-order chi connectivity index (χ1) is 22.2. The van der Waals surface area contributed by atoms with Gasteiger partial charge in [0.1, 0.15) is 0 Å². The summed E-state index contributed by atoms with van der Waals surface area (Å²) in [5.74, 6) is 0. The van der Waals surface area contributed by atoms with Crippen LogP contribution >= 0.6 is 0 Å². The summed E-state index contributed by atoms with van der Waals surface area (Å²) in [5, 5.41) is 0. The fraction of sp³-hybridized carbons (Fsp3) is 1.00. The van der Waals surface area contributed by atoms with E-state index in [1.165, 1.54) is 215 Å². The summed E-state index contributed by atoms with van der Waals surface area (Å²) in [6, 6.07) is 0. The molecule has 0 unspecified atom stereocenters. The molecule has 0 fully saturated rings. The predicted octanol–water partition coefficient (Wildman–Crippen LogP) is 10.3. The largest absolute Gasteiger partial charge is 0.672 e.